The molecule has 4 nitrogen and oxygen atoms in total. The molecule has 3 N–H and O–H groups in total. The summed E-state index contributed by atoms with van der Waals surface area (Å²) in [5.74, 6) is -0.235. The number of thiocarbonyl (C=S) groups is 1. The second-order valence-electron chi connectivity index (χ2n) is 3.91. The number of carbonyl (C=O) groups is 1. The van der Waals surface area contributed by atoms with Gasteiger partial charge in [-0.3, -0.25) is 15.6 Å². The number of amides is 1. The number of hydrogen-bond donors (Lipinski definition) is 3. The van der Waals surface area contributed by atoms with Gasteiger partial charge in [-0.2, -0.15) is 0 Å². The molecule has 0 aliphatic rings. The molecule has 2 rings (SSSR count). The van der Waals surface area contributed by atoms with Crippen molar-refractivity contribution in [3.63, 3.8) is 0 Å². The van der Waals surface area contributed by atoms with E-state index in [2.05, 4.69) is 38.8 Å². The first-order chi connectivity index (χ1) is 9.65. The summed E-state index contributed by atoms with van der Waals surface area (Å²) < 4.78 is 1.00. The minimum atomic E-state index is -0.235. The van der Waals surface area contributed by atoms with Gasteiger partial charge in [0.25, 0.3) is 5.91 Å². The second kappa shape index (κ2) is 7.20. The number of hydrogen-bond acceptors (Lipinski definition) is 2. The van der Waals surface area contributed by atoms with Gasteiger partial charge in [0, 0.05) is 14.8 Å². The van der Waals surface area contributed by atoms with Gasteiger partial charge in [0.1, 0.15) is 0 Å². The van der Waals surface area contributed by atoms with Gasteiger partial charge in [-0.15, -0.1) is 0 Å². The predicted octanol–water partition coefficient (Wildman–Crippen LogP) is 2.92. The fourth-order valence-electron chi connectivity index (χ4n) is 1.50. The van der Waals surface area contributed by atoms with Crippen molar-refractivity contribution in [1.29, 1.82) is 0 Å². The zero-order valence-electron chi connectivity index (χ0n) is 10.4. The third-order valence-electron chi connectivity index (χ3n) is 2.41. The molecule has 6 heteroatoms. The molecule has 0 aliphatic heterocycles. The summed E-state index contributed by atoms with van der Waals surface area (Å²) in [4.78, 5) is 11.9. The van der Waals surface area contributed by atoms with Crippen molar-refractivity contribution < 1.29 is 4.79 Å². The molecular weight excluding hydrogens is 385 g/mol. The van der Waals surface area contributed by atoms with Crippen molar-refractivity contribution in [2.75, 3.05) is 5.32 Å². The highest BCUT2D eigenvalue weighted by atomic mass is 127. The number of halogens is 1. The summed E-state index contributed by atoms with van der Waals surface area (Å²) in [5.41, 5.74) is 6.65. The number of carbonyl (C=O) groups excluding carboxylic acids is 1. The summed E-state index contributed by atoms with van der Waals surface area (Å²) >= 11 is 7.25. The van der Waals surface area contributed by atoms with Crippen LogP contribution >= 0.6 is 34.8 Å². The minimum absolute atomic E-state index is 0.235. The third kappa shape index (κ3) is 4.46. The molecular formula is C14H12IN3OS. The van der Waals surface area contributed by atoms with Crippen molar-refractivity contribution in [2.24, 2.45) is 0 Å². The zero-order chi connectivity index (χ0) is 14.4. The van der Waals surface area contributed by atoms with Crippen molar-refractivity contribution in [3.05, 3.63) is 63.7 Å². The van der Waals surface area contributed by atoms with Crippen LogP contribution in [0.2, 0.25) is 0 Å². The summed E-state index contributed by atoms with van der Waals surface area (Å²) in [5, 5.41) is 3.29. The van der Waals surface area contributed by atoms with Crippen LogP contribution in [0.4, 0.5) is 5.69 Å². The van der Waals surface area contributed by atoms with E-state index in [9.17, 15) is 4.79 Å². The van der Waals surface area contributed by atoms with E-state index >= 15 is 0 Å². The molecule has 0 bridgehead atoms. The largest absolute Gasteiger partial charge is 0.331 e. The SMILES string of the molecule is O=C(NNC(=S)Nc1ccccc1)c1cccc(I)c1. The van der Waals surface area contributed by atoms with Gasteiger partial charge in [-0.05, 0) is 65.1 Å². The summed E-state index contributed by atoms with van der Waals surface area (Å²) in [6, 6.07) is 16.8. The molecule has 0 fully saturated rings. The van der Waals surface area contributed by atoms with Crippen LogP contribution in [0, 0.1) is 3.57 Å². The summed E-state index contributed by atoms with van der Waals surface area (Å²) in [6.07, 6.45) is 0. The molecule has 0 saturated carbocycles. The topological polar surface area (TPSA) is 53.2 Å². The third-order valence-corrected chi connectivity index (χ3v) is 3.28. The van der Waals surface area contributed by atoms with Crippen LogP contribution in [0.25, 0.3) is 0 Å². The Morgan fingerprint density at radius 2 is 1.75 bits per heavy atom. The van der Waals surface area contributed by atoms with Crippen molar-refractivity contribution in [3.8, 4) is 0 Å². The van der Waals surface area contributed by atoms with Crippen LogP contribution in [0.3, 0.4) is 0 Å². The highest BCUT2D eigenvalue weighted by molar-refractivity contribution is 14.1. The Labute approximate surface area is 136 Å². The molecule has 0 atom stereocenters. The Balaban J connectivity index is 1.86. The first-order valence-corrected chi connectivity index (χ1v) is 7.32. The summed E-state index contributed by atoms with van der Waals surface area (Å²) in [6.45, 7) is 0. The Bertz CT molecular complexity index is 619. The Morgan fingerprint density at radius 1 is 1.00 bits per heavy atom. The highest BCUT2D eigenvalue weighted by Gasteiger charge is 2.05. The Hall–Kier alpha value is -1.67. The first-order valence-electron chi connectivity index (χ1n) is 5.83. The van der Waals surface area contributed by atoms with Gasteiger partial charge in [0.05, 0.1) is 0 Å². The molecule has 2 aromatic carbocycles. The van der Waals surface area contributed by atoms with E-state index in [1.165, 1.54) is 0 Å². The molecule has 20 heavy (non-hydrogen) atoms. The maximum atomic E-state index is 11.9. The molecule has 0 saturated heterocycles. The van der Waals surface area contributed by atoms with E-state index in [1.807, 2.05) is 42.5 Å². The number of nitrogens with one attached hydrogen (secondary N) is 3. The fourth-order valence-corrected chi connectivity index (χ4v) is 2.21. The van der Waals surface area contributed by atoms with Crippen molar-refractivity contribution >= 4 is 51.5 Å². The van der Waals surface area contributed by atoms with Gasteiger partial charge < -0.3 is 5.32 Å². The smallest absolute Gasteiger partial charge is 0.269 e. The average molecular weight is 397 g/mol. The van der Waals surface area contributed by atoms with Gasteiger partial charge >= 0.3 is 0 Å². The van der Waals surface area contributed by atoms with Crippen molar-refractivity contribution in [2.45, 2.75) is 0 Å². The lowest BCUT2D eigenvalue weighted by Gasteiger charge is -2.11. The minimum Gasteiger partial charge on any atom is -0.331 e. The van der Waals surface area contributed by atoms with Crippen molar-refractivity contribution in [1.82, 2.24) is 10.9 Å². The number of anilines is 1. The first kappa shape index (κ1) is 14.7. The van der Waals surface area contributed by atoms with Crippen LogP contribution in [-0.4, -0.2) is 11.0 Å². The molecule has 0 unspecified atom stereocenters. The van der Waals surface area contributed by atoms with Crippen LogP contribution in [0.5, 0.6) is 0 Å². The van der Waals surface area contributed by atoms with Crippen LogP contribution in [0.15, 0.2) is 54.6 Å². The normalized spacial score (nSPS) is 9.65. The lowest BCUT2D eigenvalue weighted by Crippen LogP contribution is -2.43. The maximum Gasteiger partial charge on any atom is 0.269 e. The van der Waals surface area contributed by atoms with Crippen LogP contribution < -0.4 is 16.2 Å². The van der Waals surface area contributed by atoms with Gasteiger partial charge in [-0.1, -0.05) is 24.3 Å². The second-order valence-corrected chi connectivity index (χ2v) is 5.56. The molecule has 102 valence electrons. The molecule has 0 heterocycles. The lowest BCUT2D eigenvalue weighted by molar-refractivity contribution is 0.0944. The molecule has 0 radical (unpaired) electrons. The molecule has 0 spiro atoms. The van der Waals surface area contributed by atoms with E-state index in [0.29, 0.717) is 10.7 Å². The van der Waals surface area contributed by atoms with Crippen LogP contribution in [0.1, 0.15) is 10.4 Å². The van der Waals surface area contributed by atoms with E-state index in [4.69, 9.17) is 12.2 Å². The molecule has 0 aromatic heterocycles. The number of rotatable bonds is 2. The van der Waals surface area contributed by atoms with Gasteiger partial charge in [-0.25, -0.2) is 0 Å². The van der Waals surface area contributed by atoms with Gasteiger partial charge in [0.2, 0.25) is 0 Å². The zero-order valence-corrected chi connectivity index (χ0v) is 13.4. The molecule has 1 amide bonds. The van der Waals surface area contributed by atoms with E-state index in [1.54, 1.807) is 12.1 Å². The fraction of sp³-hybridized carbons (Fsp3) is 0. The predicted molar refractivity (Wildman–Crippen MR) is 92.4 cm³/mol. The number of benzene rings is 2. The number of hydrazine groups is 1. The Kier molecular flexibility index (Phi) is 5.31. The standard InChI is InChI=1S/C14H12IN3OS/c15-11-6-4-5-10(9-11)13(19)17-18-14(20)16-12-7-2-1-3-8-12/h1-9H,(H,17,19)(H2,16,18,20). The summed E-state index contributed by atoms with van der Waals surface area (Å²) in [7, 11) is 0. The molecule has 2 aromatic rings. The maximum absolute atomic E-state index is 11.9. The molecule has 0 aliphatic carbocycles. The van der Waals surface area contributed by atoms with E-state index in [0.717, 1.165) is 9.26 Å². The Morgan fingerprint density at radius 3 is 2.45 bits per heavy atom. The average Bonchev–Trinajstić information content (AvgIpc) is 2.46. The number of para-hydroxylation sites is 1. The van der Waals surface area contributed by atoms with Crippen LogP contribution in [-0.2, 0) is 0 Å². The highest BCUT2D eigenvalue weighted by Crippen LogP contribution is 2.07. The lowest BCUT2D eigenvalue weighted by atomic mass is 10.2. The monoisotopic (exact) mass is 397 g/mol. The quantitative estimate of drug-likeness (QED) is 0.415. The van der Waals surface area contributed by atoms with Gasteiger partial charge in [0.15, 0.2) is 5.11 Å². The van der Waals surface area contributed by atoms with E-state index in [-0.39, 0.29) is 5.91 Å². The van der Waals surface area contributed by atoms with E-state index < -0.39 is 0 Å².